The van der Waals surface area contributed by atoms with Gasteiger partial charge in [0, 0.05) is 0 Å². The third kappa shape index (κ3) is 3.46. The smallest absolute Gasteiger partial charge is 0.238 e. The average molecular weight is 395 g/mol. The first-order valence-electron chi connectivity index (χ1n) is 6.07. The number of sulfone groups is 1. The van der Waals surface area contributed by atoms with E-state index in [0.717, 1.165) is 18.2 Å². The Morgan fingerprint density at radius 1 is 0.913 bits per heavy atom. The molecule has 0 aliphatic rings. The van der Waals surface area contributed by atoms with Gasteiger partial charge >= 0.3 is 0 Å². The monoisotopic (exact) mass is 394 g/mol. The quantitative estimate of drug-likeness (QED) is 0.773. The number of rotatable bonds is 3. The van der Waals surface area contributed by atoms with E-state index in [1.807, 2.05) is 0 Å². The Hall–Kier alpha value is -1.32. The minimum atomic E-state index is -4.00. The maximum absolute atomic E-state index is 12.7. The number of nitrogen functional groups attached to an aromatic ring is 1. The average Bonchev–Trinajstić information content (AvgIpc) is 2.41. The summed E-state index contributed by atoms with van der Waals surface area (Å²) < 4.78 is 48.1. The molecule has 6 nitrogen and oxygen atoms in total. The van der Waals surface area contributed by atoms with Crippen molar-refractivity contribution in [2.45, 2.75) is 21.6 Å². The van der Waals surface area contributed by atoms with E-state index in [2.05, 4.69) is 0 Å². The van der Waals surface area contributed by atoms with Crippen molar-refractivity contribution in [3.05, 3.63) is 45.9 Å². The van der Waals surface area contributed by atoms with E-state index < -0.39 is 19.9 Å². The number of benzene rings is 2. The largest absolute Gasteiger partial charge is 0.397 e. The molecule has 0 heterocycles. The zero-order chi connectivity index (χ0) is 17.6. The molecule has 10 heteroatoms. The van der Waals surface area contributed by atoms with Gasteiger partial charge < -0.3 is 5.73 Å². The highest BCUT2D eigenvalue weighted by Crippen LogP contribution is 2.34. The van der Waals surface area contributed by atoms with Gasteiger partial charge in [-0.2, -0.15) is 0 Å². The molecule has 0 spiro atoms. The lowest BCUT2D eigenvalue weighted by Crippen LogP contribution is -2.14. The number of hydrogen-bond donors (Lipinski definition) is 2. The van der Waals surface area contributed by atoms with Crippen molar-refractivity contribution in [3.8, 4) is 0 Å². The molecule has 2 rings (SSSR count). The highest BCUT2D eigenvalue weighted by molar-refractivity contribution is 7.91. The molecule has 0 saturated carbocycles. The Morgan fingerprint density at radius 2 is 1.52 bits per heavy atom. The van der Waals surface area contributed by atoms with E-state index in [-0.39, 0.29) is 36.0 Å². The Morgan fingerprint density at radius 3 is 2.04 bits per heavy atom. The van der Waals surface area contributed by atoms with Crippen LogP contribution in [0.1, 0.15) is 5.56 Å². The molecule has 0 bridgehead atoms. The Balaban J connectivity index is 2.66. The molecular weight excluding hydrogens is 383 g/mol. The number of anilines is 1. The molecule has 0 saturated heterocycles. The van der Waals surface area contributed by atoms with Crippen LogP contribution >= 0.6 is 23.2 Å². The van der Waals surface area contributed by atoms with Crippen molar-refractivity contribution in [2.24, 2.45) is 5.14 Å². The first-order chi connectivity index (χ1) is 10.4. The summed E-state index contributed by atoms with van der Waals surface area (Å²) in [5.41, 5.74) is 5.92. The summed E-state index contributed by atoms with van der Waals surface area (Å²) in [5, 5.41) is 5.02. The summed E-state index contributed by atoms with van der Waals surface area (Å²) in [6.07, 6.45) is 0. The van der Waals surface area contributed by atoms with Gasteiger partial charge in [-0.3, -0.25) is 0 Å². The lowest BCUT2D eigenvalue weighted by molar-refractivity contribution is 0.592. The van der Waals surface area contributed by atoms with E-state index in [0.29, 0.717) is 0 Å². The summed E-state index contributed by atoms with van der Waals surface area (Å²) in [4.78, 5) is -0.510. The molecule has 124 valence electrons. The predicted octanol–water partition coefficient (Wildman–Crippen LogP) is 2.36. The van der Waals surface area contributed by atoms with Gasteiger partial charge in [-0.25, -0.2) is 22.0 Å². The van der Waals surface area contributed by atoms with E-state index in [1.165, 1.54) is 19.1 Å². The molecule has 2 aromatic carbocycles. The molecule has 0 amide bonds. The summed E-state index contributed by atoms with van der Waals surface area (Å²) in [6.45, 7) is 1.44. The van der Waals surface area contributed by atoms with Crippen molar-refractivity contribution in [3.63, 3.8) is 0 Å². The van der Waals surface area contributed by atoms with Crippen LogP contribution in [-0.2, 0) is 19.9 Å². The standard InChI is InChI=1S/C13H12Cl2N2O4S2/c1-7-4-8(2-3-12(7)23(17,20)21)22(18,19)13-6-9(14)11(16)5-10(13)15/h2-6H,16H2,1H3,(H2,17,20,21). The highest BCUT2D eigenvalue weighted by Gasteiger charge is 2.24. The highest BCUT2D eigenvalue weighted by atomic mass is 35.5. The molecule has 23 heavy (non-hydrogen) atoms. The third-order valence-electron chi connectivity index (χ3n) is 3.10. The maximum Gasteiger partial charge on any atom is 0.238 e. The molecule has 0 aromatic heterocycles. The van der Waals surface area contributed by atoms with Crippen LogP contribution in [0.25, 0.3) is 0 Å². The SMILES string of the molecule is Cc1cc(S(=O)(=O)c2cc(Cl)c(N)cc2Cl)ccc1S(N)(=O)=O. The van der Waals surface area contributed by atoms with Crippen molar-refractivity contribution in [1.29, 1.82) is 0 Å². The molecule has 0 fully saturated rings. The van der Waals surface area contributed by atoms with Gasteiger partial charge in [-0.15, -0.1) is 0 Å². The van der Waals surface area contributed by atoms with Crippen LogP contribution in [0, 0.1) is 6.92 Å². The summed E-state index contributed by atoms with van der Waals surface area (Å²) in [6, 6.07) is 5.86. The van der Waals surface area contributed by atoms with Crippen molar-refractivity contribution >= 4 is 48.7 Å². The first kappa shape index (κ1) is 18.0. The van der Waals surface area contributed by atoms with E-state index >= 15 is 0 Å². The van der Waals surface area contributed by atoms with Gasteiger partial charge in [-0.1, -0.05) is 23.2 Å². The topological polar surface area (TPSA) is 120 Å². The van der Waals surface area contributed by atoms with Gasteiger partial charge in [0.25, 0.3) is 0 Å². The fraction of sp³-hybridized carbons (Fsp3) is 0.0769. The van der Waals surface area contributed by atoms with E-state index in [4.69, 9.17) is 34.1 Å². The zero-order valence-corrected chi connectivity index (χ0v) is 14.9. The Labute approximate surface area is 144 Å². The van der Waals surface area contributed by atoms with E-state index in [1.54, 1.807) is 0 Å². The van der Waals surface area contributed by atoms with Crippen LogP contribution in [0.15, 0.2) is 45.0 Å². The van der Waals surface area contributed by atoms with Gasteiger partial charge in [-0.05, 0) is 42.8 Å². The Kier molecular flexibility index (Phi) is 4.67. The molecule has 2 aromatic rings. The molecule has 4 N–H and O–H groups in total. The molecule has 0 aliphatic heterocycles. The number of sulfonamides is 1. The van der Waals surface area contributed by atoms with Crippen molar-refractivity contribution in [2.75, 3.05) is 5.73 Å². The fourth-order valence-electron chi connectivity index (χ4n) is 1.99. The van der Waals surface area contributed by atoms with Crippen molar-refractivity contribution in [1.82, 2.24) is 0 Å². The minimum absolute atomic E-state index is 0.0471. The van der Waals surface area contributed by atoms with Gasteiger partial charge in [0.2, 0.25) is 19.9 Å². The predicted molar refractivity (Wildman–Crippen MR) is 88.9 cm³/mol. The van der Waals surface area contributed by atoms with Gasteiger partial charge in [0.05, 0.1) is 30.4 Å². The second-order valence-electron chi connectivity index (χ2n) is 4.78. The lowest BCUT2D eigenvalue weighted by Gasteiger charge is -2.11. The number of hydrogen-bond acceptors (Lipinski definition) is 5. The van der Waals surface area contributed by atoms with Crippen LogP contribution in [0.2, 0.25) is 10.0 Å². The number of nitrogens with two attached hydrogens (primary N) is 2. The summed E-state index contributed by atoms with van der Waals surface area (Å²) in [7, 11) is -7.94. The van der Waals surface area contributed by atoms with Crippen LogP contribution < -0.4 is 10.9 Å². The number of aryl methyl sites for hydroxylation is 1. The lowest BCUT2D eigenvalue weighted by atomic mass is 10.2. The molecule has 0 unspecified atom stereocenters. The minimum Gasteiger partial charge on any atom is -0.397 e. The molecule has 0 atom stereocenters. The Bertz CT molecular complexity index is 1000. The van der Waals surface area contributed by atoms with Crippen LogP contribution in [0.3, 0.4) is 0 Å². The summed E-state index contributed by atoms with van der Waals surface area (Å²) in [5.74, 6) is 0. The fourth-order valence-corrected chi connectivity index (χ4v) is 4.88. The van der Waals surface area contributed by atoms with Crippen LogP contribution in [0.5, 0.6) is 0 Å². The third-order valence-corrected chi connectivity index (χ3v) is 6.72. The molecule has 0 aliphatic carbocycles. The number of halogens is 2. The second kappa shape index (κ2) is 5.95. The van der Waals surface area contributed by atoms with Gasteiger partial charge in [0.15, 0.2) is 0 Å². The van der Waals surface area contributed by atoms with E-state index in [9.17, 15) is 16.8 Å². The van der Waals surface area contributed by atoms with Crippen LogP contribution in [-0.4, -0.2) is 16.8 Å². The first-order valence-corrected chi connectivity index (χ1v) is 9.86. The van der Waals surface area contributed by atoms with Gasteiger partial charge in [0.1, 0.15) is 0 Å². The number of primary sulfonamides is 1. The second-order valence-corrected chi connectivity index (χ2v) is 9.04. The van der Waals surface area contributed by atoms with Crippen molar-refractivity contribution < 1.29 is 16.8 Å². The maximum atomic E-state index is 12.7. The zero-order valence-electron chi connectivity index (χ0n) is 11.7. The molecule has 0 radical (unpaired) electrons. The van der Waals surface area contributed by atoms with Crippen LogP contribution in [0.4, 0.5) is 5.69 Å². The normalized spacial score (nSPS) is 12.3. The molecular formula is C13H12Cl2N2O4S2. The summed E-state index contributed by atoms with van der Waals surface area (Å²) >= 11 is 11.8.